The molecular weight excluding hydrogens is 260 g/mol. The molecule has 0 aromatic heterocycles. The minimum atomic E-state index is -0.842. The van der Waals surface area contributed by atoms with Crippen molar-refractivity contribution < 1.29 is 9.84 Å². The molecule has 2 rings (SSSR count). The molecule has 19 heavy (non-hydrogen) atoms. The molecule has 1 fully saturated rings. The van der Waals surface area contributed by atoms with Gasteiger partial charge in [0.2, 0.25) is 0 Å². The van der Waals surface area contributed by atoms with Crippen LogP contribution in [0.1, 0.15) is 45.6 Å². The molecule has 1 saturated carbocycles. The molecule has 2 atom stereocenters. The van der Waals surface area contributed by atoms with Crippen molar-refractivity contribution in [1.29, 1.82) is 0 Å². The highest BCUT2D eigenvalue weighted by Gasteiger charge is 2.45. The Morgan fingerprint density at radius 1 is 1.32 bits per heavy atom. The average Bonchev–Trinajstić information content (AvgIpc) is 2.34. The van der Waals surface area contributed by atoms with Crippen LogP contribution in [0.25, 0.3) is 0 Å². The molecule has 1 N–H and O–H groups in total. The summed E-state index contributed by atoms with van der Waals surface area (Å²) >= 11 is 6.09. The quantitative estimate of drug-likeness (QED) is 0.872. The van der Waals surface area contributed by atoms with Gasteiger partial charge in [-0.3, -0.25) is 0 Å². The average molecular weight is 283 g/mol. The summed E-state index contributed by atoms with van der Waals surface area (Å²) in [6, 6.07) is 5.47. The first kappa shape index (κ1) is 14.7. The lowest BCUT2D eigenvalue weighted by molar-refractivity contribution is -0.0781. The van der Waals surface area contributed by atoms with E-state index in [1.165, 1.54) is 0 Å². The Balaban J connectivity index is 2.42. The third kappa shape index (κ3) is 2.75. The summed E-state index contributed by atoms with van der Waals surface area (Å²) in [5, 5.41) is 11.8. The first-order valence-electron chi connectivity index (χ1n) is 6.85. The lowest BCUT2D eigenvalue weighted by Crippen LogP contribution is -2.41. The second kappa shape index (κ2) is 4.99. The second-order valence-electron chi connectivity index (χ2n) is 6.54. The highest BCUT2D eigenvalue weighted by Crippen LogP contribution is 2.50. The van der Waals surface area contributed by atoms with Gasteiger partial charge < -0.3 is 9.84 Å². The number of hydrogen-bond donors (Lipinski definition) is 1. The number of aliphatic hydroxyl groups is 1. The number of rotatable bonds is 2. The second-order valence-corrected chi connectivity index (χ2v) is 6.97. The van der Waals surface area contributed by atoms with Crippen molar-refractivity contribution in [2.75, 3.05) is 7.11 Å². The van der Waals surface area contributed by atoms with Crippen LogP contribution in [0.5, 0.6) is 5.75 Å². The van der Waals surface area contributed by atoms with Crippen LogP contribution < -0.4 is 4.74 Å². The van der Waals surface area contributed by atoms with Crippen LogP contribution in [0.4, 0.5) is 0 Å². The predicted octanol–water partition coefficient (Wildman–Crippen LogP) is 4.38. The summed E-state index contributed by atoms with van der Waals surface area (Å²) < 4.78 is 5.40. The van der Waals surface area contributed by atoms with E-state index in [1.807, 2.05) is 12.1 Å². The zero-order chi connectivity index (χ0) is 14.3. The molecule has 0 amide bonds. The molecule has 1 aliphatic carbocycles. The van der Waals surface area contributed by atoms with E-state index in [4.69, 9.17) is 16.3 Å². The lowest BCUT2D eigenvalue weighted by atomic mass is 9.63. The van der Waals surface area contributed by atoms with Gasteiger partial charge in [-0.2, -0.15) is 0 Å². The third-order valence-corrected chi connectivity index (χ3v) is 4.72. The molecular formula is C16H23ClO2. The monoisotopic (exact) mass is 282 g/mol. The normalized spacial score (nSPS) is 30.1. The van der Waals surface area contributed by atoms with Gasteiger partial charge in [0.05, 0.1) is 12.7 Å². The maximum Gasteiger partial charge on any atom is 0.125 e. The number of methoxy groups -OCH3 is 1. The van der Waals surface area contributed by atoms with Crippen molar-refractivity contribution in [2.24, 2.45) is 11.3 Å². The van der Waals surface area contributed by atoms with Crippen molar-refractivity contribution >= 4 is 11.6 Å². The maximum atomic E-state index is 11.1. The molecule has 2 unspecified atom stereocenters. The van der Waals surface area contributed by atoms with Crippen molar-refractivity contribution in [1.82, 2.24) is 0 Å². The molecule has 1 aromatic carbocycles. The zero-order valence-electron chi connectivity index (χ0n) is 12.2. The topological polar surface area (TPSA) is 29.5 Å². The van der Waals surface area contributed by atoms with E-state index in [9.17, 15) is 5.11 Å². The van der Waals surface area contributed by atoms with Crippen molar-refractivity contribution in [3.05, 3.63) is 28.8 Å². The summed E-state index contributed by atoms with van der Waals surface area (Å²) in [7, 11) is 1.63. The van der Waals surface area contributed by atoms with Crippen molar-refractivity contribution in [3.63, 3.8) is 0 Å². The van der Waals surface area contributed by atoms with Gasteiger partial charge in [0.15, 0.2) is 0 Å². The first-order valence-corrected chi connectivity index (χ1v) is 7.23. The van der Waals surface area contributed by atoms with Gasteiger partial charge in [-0.25, -0.2) is 0 Å². The van der Waals surface area contributed by atoms with E-state index < -0.39 is 5.60 Å². The Morgan fingerprint density at radius 3 is 2.58 bits per heavy atom. The van der Waals surface area contributed by atoms with Crippen LogP contribution in [0.3, 0.4) is 0 Å². The van der Waals surface area contributed by atoms with Gasteiger partial charge in [-0.05, 0) is 48.8 Å². The van der Waals surface area contributed by atoms with Gasteiger partial charge in [0.25, 0.3) is 0 Å². The zero-order valence-corrected chi connectivity index (χ0v) is 12.9. The van der Waals surface area contributed by atoms with E-state index in [-0.39, 0.29) is 11.3 Å². The summed E-state index contributed by atoms with van der Waals surface area (Å²) in [6.07, 6.45) is 2.75. The molecule has 0 radical (unpaired) electrons. The van der Waals surface area contributed by atoms with Gasteiger partial charge in [-0.1, -0.05) is 32.4 Å². The standard InChI is InChI=1S/C16H23ClO2/c1-11-10-15(2,3)7-8-16(11,18)13-9-12(17)5-6-14(13)19-4/h5-6,9,11,18H,7-8,10H2,1-4H3. The SMILES string of the molecule is COc1ccc(Cl)cc1C1(O)CCC(C)(C)CC1C. The van der Waals surface area contributed by atoms with Gasteiger partial charge in [-0.15, -0.1) is 0 Å². The Bertz CT molecular complexity index is 470. The van der Waals surface area contributed by atoms with Crippen LogP contribution in [-0.4, -0.2) is 12.2 Å². The number of hydrogen-bond acceptors (Lipinski definition) is 2. The van der Waals surface area contributed by atoms with Gasteiger partial charge in [0, 0.05) is 10.6 Å². The third-order valence-electron chi connectivity index (χ3n) is 4.48. The molecule has 0 bridgehead atoms. The van der Waals surface area contributed by atoms with E-state index in [0.29, 0.717) is 5.02 Å². The minimum Gasteiger partial charge on any atom is -0.496 e. The molecule has 2 nitrogen and oxygen atoms in total. The van der Waals surface area contributed by atoms with Gasteiger partial charge >= 0.3 is 0 Å². The van der Waals surface area contributed by atoms with Crippen LogP contribution in [0, 0.1) is 11.3 Å². The minimum absolute atomic E-state index is 0.184. The van der Waals surface area contributed by atoms with E-state index in [2.05, 4.69) is 20.8 Å². The van der Waals surface area contributed by atoms with E-state index in [1.54, 1.807) is 13.2 Å². The Hall–Kier alpha value is -0.730. The van der Waals surface area contributed by atoms with E-state index in [0.717, 1.165) is 30.6 Å². The molecule has 0 saturated heterocycles. The highest BCUT2D eigenvalue weighted by atomic mass is 35.5. The smallest absolute Gasteiger partial charge is 0.125 e. The number of ether oxygens (including phenoxy) is 1. The maximum absolute atomic E-state index is 11.1. The summed E-state index contributed by atoms with van der Waals surface area (Å²) in [5.41, 5.74) is 0.272. The highest BCUT2D eigenvalue weighted by molar-refractivity contribution is 6.30. The molecule has 0 heterocycles. The number of benzene rings is 1. The molecule has 3 heteroatoms. The van der Waals surface area contributed by atoms with Crippen molar-refractivity contribution in [3.8, 4) is 5.75 Å². The first-order chi connectivity index (χ1) is 8.78. The molecule has 1 aliphatic rings. The fraction of sp³-hybridized carbons (Fsp3) is 0.625. The molecule has 106 valence electrons. The van der Waals surface area contributed by atoms with Crippen LogP contribution in [0.2, 0.25) is 5.02 Å². The van der Waals surface area contributed by atoms with Crippen LogP contribution in [0.15, 0.2) is 18.2 Å². The van der Waals surface area contributed by atoms with Crippen molar-refractivity contribution in [2.45, 2.75) is 45.6 Å². The summed E-state index contributed by atoms with van der Waals surface area (Å²) in [6.45, 7) is 6.64. The van der Waals surface area contributed by atoms with E-state index >= 15 is 0 Å². The van der Waals surface area contributed by atoms with Gasteiger partial charge in [0.1, 0.15) is 5.75 Å². The molecule has 1 aromatic rings. The summed E-state index contributed by atoms with van der Waals surface area (Å²) in [5.74, 6) is 0.905. The number of halogens is 1. The van der Waals surface area contributed by atoms with Crippen LogP contribution in [-0.2, 0) is 5.60 Å². The fourth-order valence-corrected chi connectivity index (χ4v) is 3.47. The predicted molar refractivity (Wildman–Crippen MR) is 78.7 cm³/mol. The molecule has 0 aliphatic heterocycles. The molecule has 0 spiro atoms. The van der Waals surface area contributed by atoms with Crippen LogP contribution >= 0.6 is 11.6 Å². The Morgan fingerprint density at radius 2 is 2.00 bits per heavy atom. The largest absolute Gasteiger partial charge is 0.496 e. The Labute approximate surface area is 120 Å². The fourth-order valence-electron chi connectivity index (χ4n) is 3.29. The lowest BCUT2D eigenvalue weighted by Gasteiger charge is -2.45. The summed E-state index contributed by atoms with van der Waals surface area (Å²) in [4.78, 5) is 0. The Kier molecular flexibility index (Phi) is 3.85.